The zero-order valence-corrected chi connectivity index (χ0v) is 18.3. The number of hydrogen-bond donors (Lipinski definition) is 2. The van der Waals surface area contributed by atoms with E-state index < -0.39 is 0 Å². The monoisotopic (exact) mass is 408 g/mol. The van der Waals surface area contributed by atoms with Crippen LogP contribution in [0.2, 0.25) is 0 Å². The van der Waals surface area contributed by atoms with Gasteiger partial charge in [0.1, 0.15) is 11.0 Å². The Hall–Kier alpha value is -2.85. The van der Waals surface area contributed by atoms with E-state index in [9.17, 15) is 0 Å². The molecule has 0 unspecified atom stereocenters. The van der Waals surface area contributed by atoms with Gasteiger partial charge < -0.3 is 23.9 Å². The third-order valence-electron chi connectivity index (χ3n) is 4.96. The highest BCUT2D eigenvalue weighted by Crippen LogP contribution is 2.24. The molecule has 0 aliphatic carbocycles. The average Bonchev–Trinajstić information content (AvgIpc) is 2.70. The Morgan fingerprint density at radius 3 is 1.62 bits per heavy atom. The van der Waals surface area contributed by atoms with E-state index in [-0.39, 0.29) is 12.4 Å². The lowest BCUT2D eigenvalue weighted by Crippen LogP contribution is -3.00. The molecule has 0 spiro atoms. The van der Waals surface area contributed by atoms with Crippen LogP contribution in [-0.2, 0) is 0 Å². The molecule has 4 N–H and O–H groups in total. The van der Waals surface area contributed by atoms with Crippen molar-refractivity contribution in [3.05, 3.63) is 65.7 Å². The van der Waals surface area contributed by atoms with Crippen LogP contribution >= 0.6 is 0 Å². The number of unbranched alkanes of at least 4 members (excludes halogenated alkanes) is 1. The van der Waals surface area contributed by atoms with Crippen molar-refractivity contribution in [3.8, 4) is 5.69 Å². The molecule has 152 valence electrons. The van der Waals surface area contributed by atoms with Crippen molar-refractivity contribution >= 4 is 33.4 Å². The second-order valence-electron chi connectivity index (χ2n) is 7.18. The molecule has 0 fully saturated rings. The summed E-state index contributed by atoms with van der Waals surface area (Å²) in [6.45, 7) is 8.36. The van der Waals surface area contributed by atoms with Crippen molar-refractivity contribution in [2.75, 3.05) is 11.5 Å². The summed E-state index contributed by atoms with van der Waals surface area (Å²) >= 11 is 0. The van der Waals surface area contributed by atoms with Gasteiger partial charge in [-0.25, -0.2) is 4.98 Å². The molecule has 3 aromatic carbocycles. The number of rotatable bonds is 2. The van der Waals surface area contributed by atoms with E-state index in [4.69, 9.17) is 16.5 Å². The zero-order valence-electron chi connectivity index (χ0n) is 17.5. The minimum absolute atomic E-state index is 0. The van der Waals surface area contributed by atoms with E-state index in [0.29, 0.717) is 0 Å². The molecule has 0 saturated carbocycles. The van der Waals surface area contributed by atoms with Crippen molar-refractivity contribution in [2.45, 2.75) is 40.5 Å². The van der Waals surface area contributed by atoms with Gasteiger partial charge in [0, 0.05) is 35.6 Å². The van der Waals surface area contributed by atoms with Crippen LogP contribution in [0, 0.1) is 13.8 Å². The van der Waals surface area contributed by atoms with Crippen molar-refractivity contribution in [1.82, 2.24) is 4.98 Å². The van der Waals surface area contributed by atoms with E-state index in [1.54, 1.807) is 0 Å². The molecule has 0 bridgehead atoms. The predicted octanol–water partition coefficient (Wildman–Crippen LogP) is 2.26. The van der Waals surface area contributed by atoms with Gasteiger partial charge in [-0.1, -0.05) is 44.9 Å². The first kappa shape index (κ1) is 22.4. The predicted molar refractivity (Wildman–Crippen MR) is 120 cm³/mol. The standard InChI is InChI=1S/C20H18N4.C4H10.ClH/c1-12-8-17-19(10-15(12)21)24(14-6-4-3-5-7-14)20-11-16(22)13(2)9-18(20)23-17;1-3-4-2;/h3-11H,1-2H3,(H3,21,22);3-4H2,1-2H3;1H. The molecular formula is C24H29ClN4. The highest BCUT2D eigenvalue weighted by atomic mass is 35.5. The molecule has 4 aromatic rings. The lowest BCUT2D eigenvalue weighted by atomic mass is 10.1. The zero-order chi connectivity index (χ0) is 20.3. The summed E-state index contributed by atoms with van der Waals surface area (Å²) in [5, 5.41) is 0. The molecule has 0 amide bonds. The van der Waals surface area contributed by atoms with Crippen LogP contribution in [0.1, 0.15) is 37.8 Å². The summed E-state index contributed by atoms with van der Waals surface area (Å²) in [5.41, 5.74) is 20.7. The molecule has 0 aliphatic rings. The number of aryl methyl sites for hydroxylation is 2. The Balaban J connectivity index is 0.000000552. The number of nitrogens with zero attached hydrogens (tertiary/aromatic N) is 2. The van der Waals surface area contributed by atoms with Crippen LogP contribution < -0.4 is 28.4 Å². The lowest BCUT2D eigenvalue weighted by molar-refractivity contribution is -0.538. The van der Waals surface area contributed by atoms with Gasteiger partial charge in [-0.3, -0.25) is 0 Å². The molecule has 0 aliphatic heterocycles. The van der Waals surface area contributed by atoms with E-state index in [2.05, 4.69) is 30.5 Å². The Bertz CT molecular complexity index is 1060. The topological polar surface area (TPSA) is 68.8 Å². The summed E-state index contributed by atoms with van der Waals surface area (Å²) in [4.78, 5) is 4.84. The van der Waals surface area contributed by atoms with Crippen LogP contribution in [0.15, 0.2) is 54.6 Å². The van der Waals surface area contributed by atoms with Crippen molar-refractivity contribution < 1.29 is 17.0 Å². The number of anilines is 2. The minimum Gasteiger partial charge on any atom is -1.00 e. The SMILES string of the molecule is CCCC.Cc1cc2nc3cc(C)c(N)cc3[n+](-c3ccccc3)c2cc1N.[Cl-]. The Morgan fingerprint density at radius 2 is 1.21 bits per heavy atom. The fourth-order valence-electron chi connectivity index (χ4n) is 3.05. The van der Waals surface area contributed by atoms with Crippen LogP contribution in [0.25, 0.3) is 27.8 Å². The molecular weight excluding hydrogens is 380 g/mol. The van der Waals surface area contributed by atoms with Crippen LogP contribution in [0.4, 0.5) is 11.4 Å². The average molecular weight is 409 g/mol. The van der Waals surface area contributed by atoms with Gasteiger partial charge in [0.05, 0.1) is 0 Å². The number of benzene rings is 3. The first-order valence-electron chi connectivity index (χ1n) is 9.83. The van der Waals surface area contributed by atoms with Gasteiger partial charge in [-0.05, 0) is 37.1 Å². The van der Waals surface area contributed by atoms with Gasteiger partial charge >= 0.3 is 0 Å². The first-order valence-corrected chi connectivity index (χ1v) is 9.83. The maximum Gasteiger partial charge on any atom is 0.239 e. The number of nitrogens with two attached hydrogens (primary N) is 2. The Labute approximate surface area is 179 Å². The maximum absolute atomic E-state index is 6.17. The third kappa shape index (κ3) is 4.60. The van der Waals surface area contributed by atoms with E-state index in [0.717, 1.165) is 50.3 Å². The molecule has 0 radical (unpaired) electrons. The number of fused-ring (bicyclic) bond motifs is 2. The fourth-order valence-corrected chi connectivity index (χ4v) is 3.05. The van der Waals surface area contributed by atoms with Gasteiger partial charge in [0.2, 0.25) is 16.7 Å². The summed E-state index contributed by atoms with van der Waals surface area (Å²) < 4.78 is 2.17. The number of aromatic nitrogens is 2. The summed E-state index contributed by atoms with van der Waals surface area (Å²) in [6.07, 6.45) is 2.64. The summed E-state index contributed by atoms with van der Waals surface area (Å²) in [5.74, 6) is 0. The molecule has 29 heavy (non-hydrogen) atoms. The highest BCUT2D eigenvalue weighted by molar-refractivity contribution is 5.87. The second-order valence-corrected chi connectivity index (χ2v) is 7.18. The van der Waals surface area contributed by atoms with Crippen molar-refractivity contribution in [1.29, 1.82) is 0 Å². The number of hydrogen-bond acceptors (Lipinski definition) is 3. The molecule has 4 nitrogen and oxygen atoms in total. The fraction of sp³-hybridized carbons (Fsp3) is 0.250. The second kappa shape index (κ2) is 9.57. The van der Waals surface area contributed by atoms with E-state index in [1.807, 2.05) is 56.3 Å². The quantitative estimate of drug-likeness (QED) is 0.303. The lowest BCUT2D eigenvalue weighted by Gasteiger charge is -2.09. The molecule has 1 aromatic heterocycles. The molecule has 0 saturated heterocycles. The molecule has 1 heterocycles. The smallest absolute Gasteiger partial charge is 0.239 e. The molecule has 0 atom stereocenters. The van der Waals surface area contributed by atoms with Crippen molar-refractivity contribution in [2.24, 2.45) is 0 Å². The number of halogens is 1. The van der Waals surface area contributed by atoms with Crippen LogP contribution in [0.5, 0.6) is 0 Å². The normalized spacial score (nSPS) is 10.3. The minimum atomic E-state index is 0. The number of nitrogen functional groups attached to an aromatic ring is 2. The first-order chi connectivity index (χ1) is 13.5. The molecule has 5 heteroatoms. The highest BCUT2D eigenvalue weighted by Gasteiger charge is 2.21. The van der Waals surface area contributed by atoms with Gasteiger partial charge in [-0.2, -0.15) is 0 Å². The van der Waals surface area contributed by atoms with Gasteiger partial charge in [0.25, 0.3) is 0 Å². The Morgan fingerprint density at radius 1 is 0.759 bits per heavy atom. The summed E-state index contributed by atoms with van der Waals surface area (Å²) in [7, 11) is 0. The molecule has 4 rings (SSSR count). The largest absolute Gasteiger partial charge is 1.00 e. The maximum atomic E-state index is 6.17. The van der Waals surface area contributed by atoms with E-state index in [1.165, 1.54) is 12.8 Å². The third-order valence-corrected chi connectivity index (χ3v) is 4.96. The Kier molecular flexibility index (Phi) is 7.40. The van der Waals surface area contributed by atoms with E-state index >= 15 is 0 Å². The van der Waals surface area contributed by atoms with Crippen molar-refractivity contribution in [3.63, 3.8) is 0 Å². The van der Waals surface area contributed by atoms with Gasteiger partial charge in [0.15, 0.2) is 0 Å². The van der Waals surface area contributed by atoms with Gasteiger partial charge in [-0.15, -0.1) is 4.57 Å². The summed E-state index contributed by atoms with van der Waals surface area (Å²) in [6, 6.07) is 18.2. The van der Waals surface area contributed by atoms with Crippen LogP contribution in [0.3, 0.4) is 0 Å². The number of para-hydroxylation sites is 1. The van der Waals surface area contributed by atoms with Crippen LogP contribution in [-0.4, -0.2) is 4.98 Å².